The highest BCUT2D eigenvalue weighted by Crippen LogP contribution is 2.28. The predicted molar refractivity (Wildman–Crippen MR) is 116 cm³/mol. The Hall–Kier alpha value is -1.42. The summed E-state index contributed by atoms with van der Waals surface area (Å²) in [6, 6.07) is 22.5. The minimum atomic E-state index is 1.08. The van der Waals surface area contributed by atoms with Crippen LogP contribution in [0.3, 0.4) is 0 Å². The van der Waals surface area contributed by atoms with Gasteiger partial charge in [0.15, 0.2) is 0 Å². The molecule has 3 aromatic rings. The molecule has 126 valence electrons. The Bertz CT molecular complexity index is 772. The molecule has 4 heterocycles. The van der Waals surface area contributed by atoms with E-state index < -0.39 is 0 Å². The normalized spacial score (nSPS) is 14.9. The zero-order valence-electron chi connectivity index (χ0n) is 14.0. The predicted octanol–water partition coefficient (Wildman–Crippen LogP) is 7.10. The maximum atomic E-state index is 2.30. The number of hydrogen-bond acceptors (Lipinski definition) is 3. The van der Waals surface area contributed by atoms with Crippen LogP contribution in [0.2, 0.25) is 0 Å². The molecule has 0 spiro atoms. The molecule has 0 radical (unpaired) electrons. The minimum absolute atomic E-state index is 1.08. The van der Waals surface area contributed by atoms with Gasteiger partial charge in [-0.15, -0.1) is 11.3 Å². The Morgan fingerprint density at radius 1 is 0.480 bits per heavy atom. The molecule has 3 aliphatic heterocycles. The van der Waals surface area contributed by atoms with E-state index in [2.05, 4.69) is 72.8 Å². The maximum Gasteiger partial charge on any atom is 0.0282 e. The van der Waals surface area contributed by atoms with Crippen LogP contribution >= 0.6 is 34.9 Å². The quantitative estimate of drug-likeness (QED) is 0.408. The summed E-state index contributed by atoms with van der Waals surface area (Å²) in [4.78, 5) is 2.98. The van der Waals surface area contributed by atoms with Crippen molar-refractivity contribution >= 4 is 47.0 Å². The van der Waals surface area contributed by atoms with Crippen LogP contribution in [0.15, 0.2) is 60.7 Å². The SMILES string of the molecule is C1=Cc2ccc(cc2)CSCc2ccc(s2)CSCc2ccc1cc2. The second-order valence-electron chi connectivity index (χ2n) is 6.17. The van der Waals surface area contributed by atoms with Crippen molar-refractivity contribution in [3.05, 3.63) is 92.7 Å². The molecule has 6 bridgehead atoms. The monoisotopic (exact) mass is 380 g/mol. The summed E-state index contributed by atoms with van der Waals surface area (Å²) in [5, 5.41) is 0. The molecule has 25 heavy (non-hydrogen) atoms. The molecule has 0 N–H and O–H groups in total. The standard InChI is InChI=1S/C22H20S3/c1-2-18-5-9-20(10-6-18)14-24-16-22-12-11-21(25-22)15-23-13-19-7-3-17(1)4-8-19/h1-12H,13-16H2. The first-order valence-electron chi connectivity index (χ1n) is 8.44. The summed E-state index contributed by atoms with van der Waals surface area (Å²) in [5.41, 5.74) is 5.32. The van der Waals surface area contributed by atoms with Gasteiger partial charge in [0.1, 0.15) is 0 Å². The lowest BCUT2D eigenvalue weighted by Crippen LogP contribution is -1.82. The van der Waals surface area contributed by atoms with Crippen molar-refractivity contribution in [1.82, 2.24) is 0 Å². The van der Waals surface area contributed by atoms with E-state index in [0.717, 1.165) is 23.0 Å². The lowest BCUT2D eigenvalue weighted by atomic mass is 10.1. The second kappa shape index (κ2) is 8.31. The largest absolute Gasteiger partial charge is 0.152 e. The molecule has 2 aromatic carbocycles. The number of hydrogen-bond donors (Lipinski definition) is 0. The summed E-state index contributed by atoms with van der Waals surface area (Å²) in [6.45, 7) is 0. The average molecular weight is 381 g/mol. The van der Waals surface area contributed by atoms with Gasteiger partial charge in [0.2, 0.25) is 0 Å². The van der Waals surface area contributed by atoms with Gasteiger partial charge in [0.05, 0.1) is 0 Å². The van der Waals surface area contributed by atoms with Crippen LogP contribution in [0.1, 0.15) is 32.0 Å². The number of benzene rings is 2. The van der Waals surface area contributed by atoms with Crippen molar-refractivity contribution in [2.24, 2.45) is 0 Å². The molecule has 0 amide bonds. The first-order valence-corrected chi connectivity index (χ1v) is 11.6. The highest BCUT2D eigenvalue weighted by molar-refractivity contribution is 7.98. The van der Waals surface area contributed by atoms with Gasteiger partial charge in [-0.25, -0.2) is 0 Å². The number of rotatable bonds is 0. The van der Waals surface area contributed by atoms with E-state index in [1.807, 2.05) is 34.9 Å². The van der Waals surface area contributed by atoms with Gasteiger partial charge in [0.25, 0.3) is 0 Å². The van der Waals surface area contributed by atoms with Gasteiger partial charge in [-0.05, 0) is 34.4 Å². The highest BCUT2D eigenvalue weighted by Gasteiger charge is 2.03. The molecule has 0 saturated heterocycles. The van der Waals surface area contributed by atoms with Crippen molar-refractivity contribution in [2.75, 3.05) is 0 Å². The lowest BCUT2D eigenvalue weighted by Gasteiger charge is -2.02. The fourth-order valence-electron chi connectivity index (χ4n) is 2.76. The molecule has 1 aromatic heterocycles. The molecule has 0 nitrogen and oxygen atoms in total. The first-order chi connectivity index (χ1) is 12.3. The van der Waals surface area contributed by atoms with Crippen molar-refractivity contribution in [1.29, 1.82) is 0 Å². The third kappa shape index (κ3) is 4.81. The smallest absolute Gasteiger partial charge is 0.0282 e. The fraction of sp³-hybridized carbons (Fsp3) is 0.182. The summed E-state index contributed by atoms with van der Waals surface area (Å²) >= 11 is 5.97. The first kappa shape index (κ1) is 17.0. The summed E-state index contributed by atoms with van der Waals surface area (Å²) in [5.74, 6) is 4.37. The third-order valence-corrected chi connectivity index (χ3v) is 7.73. The van der Waals surface area contributed by atoms with Gasteiger partial charge in [-0.2, -0.15) is 23.5 Å². The molecule has 0 saturated carbocycles. The Kier molecular flexibility index (Phi) is 5.65. The van der Waals surface area contributed by atoms with E-state index in [4.69, 9.17) is 0 Å². The highest BCUT2D eigenvalue weighted by atomic mass is 32.2. The van der Waals surface area contributed by atoms with E-state index in [9.17, 15) is 0 Å². The van der Waals surface area contributed by atoms with Crippen molar-refractivity contribution < 1.29 is 0 Å². The van der Waals surface area contributed by atoms with Crippen LogP contribution in [0, 0.1) is 0 Å². The molecule has 0 unspecified atom stereocenters. The minimum Gasteiger partial charge on any atom is -0.152 e. The van der Waals surface area contributed by atoms with Crippen molar-refractivity contribution in [2.45, 2.75) is 23.0 Å². The van der Waals surface area contributed by atoms with E-state index in [0.29, 0.717) is 0 Å². The van der Waals surface area contributed by atoms with E-state index in [1.54, 1.807) is 0 Å². The van der Waals surface area contributed by atoms with Gasteiger partial charge in [0, 0.05) is 32.8 Å². The summed E-state index contributed by atoms with van der Waals surface area (Å²) in [6.07, 6.45) is 4.39. The Morgan fingerprint density at radius 2 is 0.920 bits per heavy atom. The van der Waals surface area contributed by atoms with Crippen LogP contribution in [-0.4, -0.2) is 0 Å². The van der Waals surface area contributed by atoms with Crippen LogP contribution in [0.25, 0.3) is 12.2 Å². The molecule has 0 fully saturated rings. The van der Waals surface area contributed by atoms with E-state index in [-0.39, 0.29) is 0 Å². The zero-order chi connectivity index (χ0) is 16.9. The van der Waals surface area contributed by atoms with E-state index >= 15 is 0 Å². The Labute approximate surface area is 162 Å². The lowest BCUT2D eigenvalue weighted by molar-refractivity contribution is 1.39. The molecular weight excluding hydrogens is 360 g/mol. The topological polar surface area (TPSA) is 0 Å². The van der Waals surface area contributed by atoms with Crippen molar-refractivity contribution in [3.8, 4) is 0 Å². The maximum absolute atomic E-state index is 2.30. The molecular formula is C22H20S3. The number of thioether (sulfide) groups is 2. The van der Waals surface area contributed by atoms with Crippen LogP contribution in [0.5, 0.6) is 0 Å². The Morgan fingerprint density at radius 3 is 1.36 bits per heavy atom. The third-order valence-electron chi connectivity index (χ3n) is 4.17. The van der Waals surface area contributed by atoms with Gasteiger partial charge in [-0.3, -0.25) is 0 Å². The van der Waals surface area contributed by atoms with Gasteiger partial charge < -0.3 is 0 Å². The molecule has 3 aliphatic rings. The molecule has 0 aliphatic carbocycles. The summed E-state index contributed by atoms with van der Waals surface area (Å²) < 4.78 is 0. The summed E-state index contributed by atoms with van der Waals surface area (Å²) in [7, 11) is 0. The van der Waals surface area contributed by atoms with E-state index in [1.165, 1.54) is 32.0 Å². The molecule has 3 heteroatoms. The fourth-order valence-corrected chi connectivity index (χ4v) is 5.99. The van der Waals surface area contributed by atoms with Crippen LogP contribution in [0.4, 0.5) is 0 Å². The average Bonchev–Trinajstić information content (AvgIpc) is 3.09. The molecule has 6 rings (SSSR count). The van der Waals surface area contributed by atoms with Crippen LogP contribution < -0.4 is 0 Å². The number of thiophene rings is 1. The van der Waals surface area contributed by atoms with Crippen molar-refractivity contribution in [3.63, 3.8) is 0 Å². The number of fused-ring (bicyclic) bond motifs is 2. The van der Waals surface area contributed by atoms with Gasteiger partial charge >= 0.3 is 0 Å². The van der Waals surface area contributed by atoms with Gasteiger partial charge in [-0.1, -0.05) is 60.7 Å². The zero-order valence-corrected chi connectivity index (χ0v) is 16.4. The van der Waals surface area contributed by atoms with Crippen LogP contribution in [-0.2, 0) is 23.0 Å². The Balaban J connectivity index is 1.57. The molecule has 0 atom stereocenters. The second-order valence-corrected chi connectivity index (χ2v) is 9.39.